The second-order valence-electron chi connectivity index (χ2n) is 6.07. The van der Waals surface area contributed by atoms with Crippen LogP contribution in [0.25, 0.3) is 0 Å². The van der Waals surface area contributed by atoms with E-state index in [1.165, 1.54) is 22.9 Å². The molecule has 2 aromatic rings. The minimum absolute atomic E-state index is 0.0829. The summed E-state index contributed by atoms with van der Waals surface area (Å²) in [5, 5.41) is -0.0829. The van der Waals surface area contributed by atoms with Crippen molar-refractivity contribution in [2.75, 3.05) is 6.61 Å². The standard InChI is InChI=1S/C16H15ClFN2O6P/c17-12-6-20(16(22)19-15(12)21)14-4-2-11(25-14)8-24-27-23-7-9-5-10(18)1-3-13(9)26-27/h1,3,5-6,11,14H,2,4,7-8H2,(H,19,21,22). The Balaban J connectivity index is 1.33. The first kappa shape index (κ1) is 18.6. The number of rotatable bonds is 4. The molecule has 4 rings (SSSR count). The number of ether oxygens (including phenoxy) is 1. The third-order valence-corrected chi connectivity index (χ3v) is 5.52. The molecule has 1 fully saturated rings. The lowest BCUT2D eigenvalue weighted by Crippen LogP contribution is -2.32. The van der Waals surface area contributed by atoms with Gasteiger partial charge in [-0.3, -0.25) is 23.4 Å². The number of fused-ring (bicyclic) bond motifs is 1. The van der Waals surface area contributed by atoms with E-state index in [4.69, 9.17) is 29.9 Å². The van der Waals surface area contributed by atoms with Crippen molar-refractivity contribution in [2.45, 2.75) is 31.8 Å². The lowest BCUT2D eigenvalue weighted by Gasteiger charge is -2.24. The topological polar surface area (TPSA) is 91.8 Å². The molecule has 0 amide bonds. The van der Waals surface area contributed by atoms with Gasteiger partial charge in [0, 0.05) is 11.8 Å². The molecule has 144 valence electrons. The average molecular weight is 417 g/mol. The van der Waals surface area contributed by atoms with Gasteiger partial charge >= 0.3 is 14.3 Å². The maximum atomic E-state index is 13.2. The first-order valence-electron chi connectivity index (χ1n) is 8.18. The normalized spacial score (nSPS) is 24.4. The fraction of sp³-hybridized carbons (Fsp3) is 0.375. The van der Waals surface area contributed by atoms with Gasteiger partial charge in [0.1, 0.15) is 22.8 Å². The summed E-state index contributed by atoms with van der Waals surface area (Å²) in [6, 6.07) is 4.22. The lowest BCUT2D eigenvalue weighted by molar-refractivity contribution is -0.0229. The molecule has 0 aliphatic carbocycles. The summed E-state index contributed by atoms with van der Waals surface area (Å²) in [5.74, 6) is 0.185. The van der Waals surface area contributed by atoms with Crippen molar-refractivity contribution in [3.63, 3.8) is 0 Å². The van der Waals surface area contributed by atoms with E-state index < -0.39 is 26.1 Å². The third-order valence-electron chi connectivity index (χ3n) is 4.21. The van der Waals surface area contributed by atoms with Gasteiger partial charge in [-0.2, -0.15) is 0 Å². The minimum atomic E-state index is -1.61. The average Bonchev–Trinajstić information content (AvgIpc) is 3.11. The van der Waals surface area contributed by atoms with Crippen LogP contribution in [0.3, 0.4) is 0 Å². The van der Waals surface area contributed by atoms with Gasteiger partial charge in [0.05, 0.1) is 19.3 Å². The Morgan fingerprint density at radius 3 is 3.07 bits per heavy atom. The Kier molecular flexibility index (Phi) is 5.29. The van der Waals surface area contributed by atoms with E-state index in [9.17, 15) is 14.0 Å². The van der Waals surface area contributed by atoms with Crippen LogP contribution in [-0.2, 0) is 20.4 Å². The van der Waals surface area contributed by atoms with Crippen molar-refractivity contribution in [1.82, 2.24) is 9.55 Å². The summed E-state index contributed by atoms with van der Waals surface area (Å²) >= 11 is 5.78. The van der Waals surface area contributed by atoms with Crippen LogP contribution >= 0.6 is 20.2 Å². The molecule has 0 saturated carbocycles. The van der Waals surface area contributed by atoms with Crippen molar-refractivity contribution < 1.29 is 22.7 Å². The van der Waals surface area contributed by atoms with E-state index in [1.54, 1.807) is 6.07 Å². The largest absolute Gasteiger partial charge is 0.426 e. The minimum Gasteiger partial charge on any atom is -0.426 e. The molecule has 11 heteroatoms. The highest BCUT2D eigenvalue weighted by atomic mass is 35.5. The smallest absolute Gasteiger partial charge is 0.397 e. The van der Waals surface area contributed by atoms with Gasteiger partial charge in [-0.15, -0.1) is 0 Å². The van der Waals surface area contributed by atoms with Crippen LogP contribution in [0.15, 0.2) is 34.0 Å². The van der Waals surface area contributed by atoms with E-state index in [0.29, 0.717) is 24.2 Å². The number of hydrogen-bond acceptors (Lipinski definition) is 6. The predicted molar refractivity (Wildman–Crippen MR) is 94.2 cm³/mol. The van der Waals surface area contributed by atoms with E-state index >= 15 is 0 Å². The van der Waals surface area contributed by atoms with E-state index in [2.05, 4.69) is 4.98 Å². The van der Waals surface area contributed by atoms with E-state index in [0.717, 1.165) is 0 Å². The van der Waals surface area contributed by atoms with Crippen molar-refractivity contribution in [3.05, 3.63) is 61.6 Å². The van der Waals surface area contributed by atoms with Crippen LogP contribution < -0.4 is 15.8 Å². The lowest BCUT2D eigenvalue weighted by atomic mass is 10.2. The number of hydrogen-bond donors (Lipinski definition) is 1. The SMILES string of the molecule is O=c1[nH]c(=O)n(C2CCC(COP3OCc4cc(F)ccc4O3)O2)cc1Cl. The predicted octanol–water partition coefficient (Wildman–Crippen LogP) is 2.86. The summed E-state index contributed by atoms with van der Waals surface area (Å²) in [5.41, 5.74) is -0.586. The van der Waals surface area contributed by atoms with Gasteiger partial charge in [-0.05, 0) is 31.0 Å². The molecule has 0 bridgehead atoms. The van der Waals surface area contributed by atoms with Crippen molar-refractivity contribution in [1.29, 1.82) is 0 Å². The summed E-state index contributed by atoms with van der Waals surface area (Å²) in [7, 11) is -1.61. The van der Waals surface area contributed by atoms with Gasteiger partial charge in [0.2, 0.25) is 0 Å². The molecule has 0 radical (unpaired) electrons. The highest BCUT2D eigenvalue weighted by molar-refractivity contribution is 7.42. The Morgan fingerprint density at radius 2 is 2.22 bits per heavy atom. The second kappa shape index (κ2) is 7.69. The third kappa shape index (κ3) is 4.07. The molecule has 1 saturated heterocycles. The second-order valence-corrected chi connectivity index (χ2v) is 7.62. The van der Waals surface area contributed by atoms with Crippen LogP contribution in [0.1, 0.15) is 24.6 Å². The summed E-state index contributed by atoms with van der Waals surface area (Å²) < 4.78 is 37.0. The number of halogens is 2. The molecular weight excluding hydrogens is 402 g/mol. The molecule has 1 N–H and O–H groups in total. The first-order chi connectivity index (χ1) is 13.0. The van der Waals surface area contributed by atoms with Gasteiger partial charge in [0.15, 0.2) is 0 Å². The maximum Gasteiger partial charge on any atom is 0.397 e. The number of benzene rings is 1. The Labute approximate surface area is 158 Å². The molecule has 2 aliphatic rings. The van der Waals surface area contributed by atoms with Crippen molar-refractivity contribution in [3.8, 4) is 5.75 Å². The summed E-state index contributed by atoms with van der Waals surface area (Å²) in [4.78, 5) is 25.4. The summed E-state index contributed by atoms with van der Waals surface area (Å²) in [6.07, 6.45) is 1.68. The van der Waals surface area contributed by atoms with Gasteiger partial charge in [-0.1, -0.05) is 11.6 Å². The van der Waals surface area contributed by atoms with E-state index in [1.807, 2.05) is 0 Å². The zero-order valence-corrected chi connectivity index (χ0v) is 15.5. The molecule has 2 aliphatic heterocycles. The highest BCUT2D eigenvalue weighted by Gasteiger charge is 2.31. The Morgan fingerprint density at radius 1 is 1.37 bits per heavy atom. The number of nitrogens with one attached hydrogen (secondary N) is 1. The van der Waals surface area contributed by atoms with Crippen LogP contribution in [0.5, 0.6) is 5.75 Å². The highest BCUT2D eigenvalue weighted by Crippen LogP contribution is 2.47. The molecule has 3 atom stereocenters. The fourth-order valence-electron chi connectivity index (χ4n) is 2.88. The van der Waals surface area contributed by atoms with E-state index in [-0.39, 0.29) is 30.2 Å². The number of aromatic amines is 1. The molecule has 1 aromatic heterocycles. The number of aromatic nitrogens is 2. The van der Waals surface area contributed by atoms with Crippen LogP contribution in [-0.4, -0.2) is 22.3 Å². The molecule has 3 heterocycles. The molecule has 3 unspecified atom stereocenters. The number of nitrogens with zero attached hydrogens (tertiary/aromatic N) is 1. The Bertz CT molecular complexity index is 967. The van der Waals surface area contributed by atoms with Crippen LogP contribution in [0.4, 0.5) is 4.39 Å². The van der Waals surface area contributed by atoms with Gasteiger partial charge < -0.3 is 9.26 Å². The molecule has 0 spiro atoms. The maximum absolute atomic E-state index is 13.2. The zero-order chi connectivity index (χ0) is 19.0. The Hall–Kier alpha value is -1.77. The first-order valence-corrected chi connectivity index (χ1v) is 9.66. The van der Waals surface area contributed by atoms with Crippen LogP contribution in [0.2, 0.25) is 5.02 Å². The van der Waals surface area contributed by atoms with Crippen molar-refractivity contribution in [2.24, 2.45) is 0 Å². The van der Waals surface area contributed by atoms with Crippen molar-refractivity contribution >= 4 is 20.2 Å². The molecule has 8 nitrogen and oxygen atoms in total. The van der Waals surface area contributed by atoms with Gasteiger partial charge in [-0.25, -0.2) is 9.18 Å². The number of H-pyrrole nitrogens is 1. The molecule has 1 aromatic carbocycles. The fourth-order valence-corrected chi connectivity index (χ4v) is 4.08. The van der Waals surface area contributed by atoms with Crippen LogP contribution in [0, 0.1) is 5.82 Å². The molecule has 27 heavy (non-hydrogen) atoms. The quantitative estimate of drug-likeness (QED) is 0.771. The zero-order valence-electron chi connectivity index (χ0n) is 13.9. The van der Waals surface area contributed by atoms with Gasteiger partial charge in [0.25, 0.3) is 5.56 Å². The molecular formula is C16H15ClFN2O6P. The summed E-state index contributed by atoms with van der Waals surface area (Å²) in [6.45, 7) is 0.419. The monoisotopic (exact) mass is 416 g/mol.